The molecule has 3 atom stereocenters. The Balaban J connectivity index is 1.90. The van der Waals surface area contributed by atoms with Crippen LogP contribution in [0.1, 0.15) is 37.3 Å². The Morgan fingerprint density at radius 3 is 2.50 bits per heavy atom. The summed E-state index contributed by atoms with van der Waals surface area (Å²) < 4.78 is 0. The molecular weight excluding hydrogens is 372 g/mol. The molecule has 1 N–H and O–H groups in total. The van der Waals surface area contributed by atoms with Gasteiger partial charge in [0, 0.05) is 18.5 Å². The van der Waals surface area contributed by atoms with E-state index in [2.05, 4.69) is 11.2 Å². The third-order valence-electron chi connectivity index (χ3n) is 5.34. The van der Waals surface area contributed by atoms with Crippen molar-refractivity contribution < 1.29 is 9.59 Å². The Morgan fingerprint density at radius 2 is 1.86 bits per heavy atom. The number of hydrogen-bond donors (Lipinski definition) is 1. The molecule has 28 heavy (non-hydrogen) atoms. The molecule has 3 unspecified atom stereocenters. The number of allylic oxidation sites excluding steroid dienone is 3. The highest BCUT2D eigenvalue weighted by molar-refractivity contribution is 6.22. The average Bonchev–Trinajstić information content (AvgIpc) is 3.22. The smallest absolute Gasteiger partial charge is 0.299 e. The number of alkyl halides is 1. The molecule has 0 spiro atoms. The molecule has 1 aromatic rings. The molecule has 0 saturated heterocycles. The minimum Gasteiger partial charge on any atom is -0.351 e. The SMILES string of the molecule is C#CC(=O)N(CC1C=CC=CC1Cl)C(C(=O)NC1CCCC1)c1ccccc1. The summed E-state index contributed by atoms with van der Waals surface area (Å²) in [6.45, 7) is 0.273. The number of nitrogens with zero attached hydrogens (tertiary/aromatic N) is 1. The maximum absolute atomic E-state index is 13.2. The van der Waals surface area contributed by atoms with E-state index in [-0.39, 0.29) is 29.8 Å². The summed E-state index contributed by atoms with van der Waals surface area (Å²) in [6, 6.07) is 8.67. The molecule has 0 aromatic heterocycles. The molecule has 1 aromatic carbocycles. The molecule has 4 nitrogen and oxygen atoms in total. The summed E-state index contributed by atoms with van der Waals surface area (Å²) in [5.74, 6) is 1.37. The first kappa shape index (κ1) is 20.2. The van der Waals surface area contributed by atoms with Gasteiger partial charge in [0.05, 0.1) is 5.38 Å². The Morgan fingerprint density at radius 1 is 1.18 bits per heavy atom. The van der Waals surface area contributed by atoms with Crippen LogP contribution in [-0.4, -0.2) is 34.7 Å². The molecule has 0 heterocycles. The predicted molar refractivity (Wildman–Crippen MR) is 112 cm³/mol. The van der Waals surface area contributed by atoms with Crippen LogP contribution in [0, 0.1) is 18.3 Å². The van der Waals surface area contributed by atoms with E-state index in [0.717, 1.165) is 31.2 Å². The van der Waals surface area contributed by atoms with E-state index in [1.165, 1.54) is 4.90 Å². The van der Waals surface area contributed by atoms with Crippen molar-refractivity contribution in [3.63, 3.8) is 0 Å². The minimum atomic E-state index is -0.784. The lowest BCUT2D eigenvalue weighted by atomic mass is 9.96. The first-order valence-electron chi connectivity index (χ1n) is 9.71. The average molecular weight is 397 g/mol. The van der Waals surface area contributed by atoms with Gasteiger partial charge in [-0.15, -0.1) is 18.0 Å². The number of carbonyl (C=O) groups excluding carboxylic acids is 2. The van der Waals surface area contributed by atoms with Crippen molar-refractivity contribution in [3.8, 4) is 12.3 Å². The van der Waals surface area contributed by atoms with E-state index in [1.54, 1.807) is 0 Å². The van der Waals surface area contributed by atoms with Gasteiger partial charge in [-0.3, -0.25) is 9.59 Å². The highest BCUT2D eigenvalue weighted by Gasteiger charge is 2.34. The first-order chi connectivity index (χ1) is 13.6. The van der Waals surface area contributed by atoms with E-state index < -0.39 is 11.9 Å². The van der Waals surface area contributed by atoms with E-state index in [0.29, 0.717) is 0 Å². The lowest BCUT2D eigenvalue weighted by molar-refractivity contribution is -0.137. The maximum atomic E-state index is 13.2. The van der Waals surface area contributed by atoms with Gasteiger partial charge in [0.2, 0.25) is 5.91 Å². The fourth-order valence-electron chi connectivity index (χ4n) is 3.86. The quantitative estimate of drug-likeness (QED) is 0.590. The molecule has 0 radical (unpaired) electrons. The van der Waals surface area contributed by atoms with Crippen LogP contribution in [0.25, 0.3) is 0 Å². The molecule has 2 aliphatic carbocycles. The number of amides is 2. The lowest BCUT2D eigenvalue weighted by Gasteiger charge is -2.34. The summed E-state index contributed by atoms with van der Waals surface area (Å²) in [6.07, 6.45) is 17.2. The van der Waals surface area contributed by atoms with E-state index >= 15 is 0 Å². The van der Waals surface area contributed by atoms with Crippen molar-refractivity contribution in [1.82, 2.24) is 10.2 Å². The van der Waals surface area contributed by atoms with E-state index in [1.807, 2.05) is 54.6 Å². The molecule has 2 amide bonds. The van der Waals surface area contributed by atoms with Crippen LogP contribution >= 0.6 is 11.6 Å². The Labute approximate surface area is 171 Å². The van der Waals surface area contributed by atoms with Crippen molar-refractivity contribution in [3.05, 3.63) is 60.2 Å². The molecule has 3 rings (SSSR count). The third kappa shape index (κ3) is 4.85. The molecule has 0 bridgehead atoms. The molecule has 2 aliphatic rings. The first-order valence-corrected chi connectivity index (χ1v) is 10.2. The summed E-state index contributed by atoms with van der Waals surface area (Å²) >= 11 is 6.41. The number of hydrogen-bond acceptors (Lipinski definition) is 2. The van der Waals surface area contributed by atoms with Crippen LogP contribution in [0.3, 0.4) is 0 Å². The zero-order chi connectivity index (χ0) is 19.9. The third-order valence-corrected chi connectivity index (χ3v) is 5.81. The molecule has 146 valence electrons. The molecule has 0 aliphatic heterocycles. The summed E-state index contributed by atoms with van der Waals surface area (Å²) in [5, 5.41) is 2.86. The monoisotopic (exact) mass is 396 g/mol. The summed E-state index contributed by atoms with van der Waals surface area (Å²) in [7, 11) is 0. The van der Waals surface area contributed by atoms with Crippen LogP contribution in [-0.2, 0) is 9.59 Å². The molecule has 5 heteroatoms. The van der Waals surface area contributed by atoms with Crippen LogP contribution in [0.2, 0.25) is 0 Å². The molecule has 1 fully saturated rings. The molecule has 1 saturated carbocycles. The summed E-state index contributed by atoms with van der Waals surface area (Å²) in [4.78, 5) is 27.4. The second-order valence-corrected chi connectivity index (χ2v) is 7.79. The van der Waals surface area contributed by atoms with Crippen molar-refractivity contribution in [2.75, 3.05) is 6.54 Å². The van der Waals surface area contributed by atoms with E-state index in [4.69, 9.17) is 18.0 Å². The zero-order valence-electron chi connectivity index (χ0n) is 15.8. The number of carbonyl (C=O) groups is 2. The highest BCUT2D eigenvalue weighted by atomic mass is 35.5. The standard InChI is InChI=1S/C23H25ClN2O2/c1-2-21(27)26(16-18-12-6-9-15-20(18)24)22(17-10-4-3-5-11-17)23(28)25-19-13-7-8-14-19/h1,3-6,9-12,15,18-20,22H,7-8,13-14,16H2,(H,25,28). The van der Waals surface area contributed by atoms with Gasteiger partial charge in [-0.1, -0.05) is 67.5 Å². The number of nitrogens with one attached hydrogen (secondary N) is 1. The van der Waals surface area contributed by atoms with Crippen LogP contribution in [0.4, 0.5) is 0 Å². The van der Waals surface area contributed by atoms with Gasteiger partial charge in [-0.2, -0.15) is 0 Å². The largest absolute Gasteiger partial charge is 0.351 e. The number of terminal acetylenes is 1. The van der Waals surface area contributed by atoms with E-state index in [9.17, 15) is 9.59 Å². The molecular formula is C23H25ClN2O2. The van der Waals surface area contributed by atoms with Crippen molar-refractivity contribution in [2.24, 2.45) is 5.92 Å². The Hall–Kier alpha value is -2.51. The normalized spacial score (nSPS) is 22.4. The van der Waals surface area contributed by atoms with Crippen LogP contribution < -0.4 is 5.32 Å². The summed E-state index contributed by atoms with van der Waals surface area (Å²) in [5.41, 5.74) is 0.739. The second-order valence-electron chi connectivity index (χ2n) is 7.28. The van der Waals surface area contributed by atoms with Crippen molar-refractivity contribution in [1.29, 1.82) is 0 Å². The fourth-order valence-corrected chi connectivity index (χ4v) is 4.11. The Kier molecular flexibility index (Phi) is 6.95. The topological polar surface area (TPSA) is 49.4 Å². The van der Waals surface area contributed by atoms with Gasteiger partial charge >= 0.3 is 0 Å². The van der Waals surface area contributed by atoms with Crippen LogP contribution in [0.15, 0.2) is 54.6 Å². The second kappa shape index (κ2) is 9.61. The van der Waals surface area contributed by atoms with Crippen molar-refractivity contribution >= 4 is 23.4 Å². The van der Waals surface area contributed by atoms with Crippen molar-refractivity contribution in [2.45, 2.75) is 43.1 Å². The van der Waals surface area contributed by atoms with Gasteiger partial charge in [-0.25, -0.2) is 0 Å². The van der Waals surface area contributed by atoms with Crippen LogP contribution in [0.5, 0.6) is 0 Å². The fraction of sp³-hybridized carbons (Fsp3) is 0.391. The van der Waals surface area contributed by atoms with Gasteiger partial charge in [0.15, 0.2) is 0 Å². The number of halogens is 1. The maximum Gasteiger partial charge on any atom is 0.299 e. The zero-order valence-corrected chi connectivity index (χ0v) is 16.5. The lowest BCUT2D eigenvalue weighted by Crippen LogP contribution is -2.48. The number of benzene rings is 1. The highest BCUT2D eigenvalue weighted by Crippen LogP contribution is 2.28. The van der Waals surface area contributed by atoms with Gasteiger partial charge in [0.1, 0.15) is 6.04 Å². The number of rotatable bonds is 6. The van der Waals surface area contributed by atoms with Gasteiger partial charge in [0.25, 0.3) is 5.91 Å². The predicted octanol–water partition coefficient (Wildman–Crippen LogP) is 3.60. The van der Waals surface area contributed by atoms with Gasteiger partial charge in [-0.05, 0) is 24.3 Å². The van der Waals surface area contributed by atoms with Gasteiger partial charge < -0.3 is 10.2 Å². The minimum absolute atomic E-state index is 0.116. The Bertz CT molecular complexity index is 791.